The van der Waals surface area contributed by atoms with E-state index in [9.17, 15) is 20.0 Å². The number of nitro groups is 1. The van der Waals surface area contributed by atoms with Crippen LogP contribution in [0, 0.1) is 17.0 Å². The van der Waals surface area contributed by atoms with Gasteiger partial charge in [-0.3, -0.25) is 10.1 Å². The molecule has 19 heavy (non-hydrogen) atoms. The van der Waals surface area contributed by atoms with Gasteiger partial charge in [-0.1, -0.05) is 6.07 Å². The van der Waals surface area contributed by atoms with Crippen molar-refractivity contribution < 1.29 is 14.8 Å². The Bertz CT molecular complexity index is 520. The van der Waals surface area contributed by atoms with Crippen molar-refractivity contribution in [1.29, 1.82) is 0 Å². The van der Waals surface area contributed by atoms with Gasteiger partial charge in [0.2, 0.25) is 0 Å². The zero-order chi connectivity index (χ0) is 14.0. The Morgan fingerprint density at radius 3 is 2.95 bits per heavy atom. The number of nitro benzene ring substituents is 1. The highest BCUT2D eigenvalue weighted by Crippen LogP contribution is 2.33. The van der Waals surface area contributed by atoms with E-state index in [-0.39, 0.29) is 5.69 Å². The predicted octanol–water partition coefficient (Wildman–Crippen LogP) is 1.91. The molecule has 1 aromatic rings. The number of nitrogens with zero attached hydrogens (tertiary/aromatic N) is 2. The van der Waals surface area contributed by atoms with Gasteiger partial charge < -0.3 is 10.0 Å². The molecule has 1 fully saturated rings. The molecule has 0 saturated carbocycles. The normalized spacial score (nSPS) is 19.2. The van der Waals surface area contributed by atoms with Gasteiger partial charge in [-0.15, -0.1) is 0 Å². The number of carboxylic acids is 1. The summed E-state index contributed by atoms with van der Waals surface area (Å²) in [6.07, 6.45) is 0. The third-order valence-corrected chi connectivity index (χ3v) is 4.07. The minimum absolute atomic E-state index is 0.0382. The third-order valence-electron chi connectivity index (χ3n) is 3.05. The van der Waals surface area contributed by atoms with Gasteiger partial charge in [0.1, 0.15) is 11.7 Å². The third kappa shape index (κ3) is 2.81. The van der Waals surface area contributed by atoms with Crippen LogP contribution >= 0.6 is 11.8 Å². The van der Waals surface area contributed by atoms with Crippen LogP contribution in [0.5, 0.6) is 0 Å². The van der Waals surface area contributed by atoms with E-state index in [2.05, 4.69) is 0 Å². The van der Waals surface area contributed by atoms with Crippen molar-refractivity contribution >= 4 is 29.1 Å². The van der Waals surface area contributed by atoms with Gasteiger partial charge in [-0.25, -0.2) is 4.79 Å². The number of anilines is 1. The number of rotatable bonds is 3. The van der Waals surface area contributed by atoms with Crippen LogP contribution in [0.2, 0.25) is 0 Å². The number of thioether (sulfide) groups is 1. The minimum atomic E-state index is -0.942. The van der Waals surface area contributed by atoms with Gasteiger partial charge >= 0.3 is 5.97 Å². The highest BCUT2D eigenvalue weighted by molar-refractivity contribution is 7.99. The van der Waals surface area contributed by atoms with Gasteiger partial charge in [0.15, 0.2) is 0 Å². The van der Waals surface area contributed by atoms with Crippen molar-refractivity contribution in [3.63, 3.8) is 0 Å². The summed E-state index contributed by atoms with van der Waals surface area (Å²) < 4.78 is 0. The molecule has 1 aliphatic heterocycles. The second-order valence-electron chi connectivity index (χ2n) is 4.37. The summed E-state index contributed by atoms with van der Waals surface area (Å²) in [5.41, 5.74) is 1.24. The highest BCUT2D eigenvalue weighted by atomic mass is 32.2. The van der Waals surface area contributed by atoms with Crippen LogP contribution in [0.3, 0.4) is 0 Å². The lowest BCUT2D eigenvalue weighted by Crippen LogP contribution is -2.47. The van der Waals surface area contributed by atoms with Crippen molar-refractivity contribution in [3.05, 3.63) is 33.9 Å². The predicted molar refractivity (Wildman–Crippen MR) is 73.9 cm³/mol. The first-order chi connectivity index (χ1) is 9.00. The summed E-state index contributed by atoms with van der Waals surface area (Å²) in [4.78, 5) is 23.5. The van der Waals surface area contributed by atoms with E-state index in [1.54, 1.807) is 28.8 Å². The summed E-state index contributed by atoms with van der Waals surface area (Å²) in [6, 6.07) is 4.07. The van der Waals surface area contributed by atoms with Crippen LogP contribution in [-0.4, -0.2) is 40.1 Å². The smallest absolute Gasteiger partial charge is 0.327 e. The quantitative estimate of drug-likeness (QED) is 0.673. The number of aliphatic carboxylic acids is 1. The van der Waals surface area contributed by atoms with Crippen LogP contribution in [0.4, 0.5) is 11.4 Å². The molecule has 0 amide bonds. The summed E-state index contributed by atoms with van der Waals surface area (Å²) >= 11 is 1.56. The van der Waals surface area contributed by atoms with Gasteiger partial charge in [0.25, 0.3) is 5.69 Å². The Labute approximate surface area is 114 Å². The van der Waals surface area contributed by atoms with Gasteiger partial charge in [-0.05, 0) is 18.6 Å². The lowest BCUT2D eigenvalue weighted by atomic mass is 10.1. The van der Waals surface area contributed by atoms with E-state index in [1.807, 2.05) is 6.92 Å². The number of carboxylic acid groups (broad SMARTS) is 1. The Kier molecular flexibility index (Phi) is 3.94. The van der Waals surface area contributed by atoms with Gasteiger partial charge in [0.05, 0.1) is 4.92 Å². The average molecular weight is 282 g/mol. The molecular formula is C12H14N2O4S. The zero-order valence-electron chi connectivity index (χ0n) is 10.4. The Balaban J connectivity index is 2.46. The number of hydrogen-bond acceptors (Lipinski definition) is 5. The fourth-order valence-corrected chi connectivity index (χ4v) is 3.15. The molecule has 1 unspecified atom stereocenters. The fourth-order valence-electron chi connectivity index (χ4n) is 2.11. The minimum Gasteiger partial charge on any atom is -0.480 e. The SMILES string of the molecule is Cc1ccc([N+](=O)[O-])c(N2CCSCC2C(=O)O)c1. The fraction of sp³-hybridized carbons (Fsp3) is 0.417. The second-order valence-corrected chi connectivity index (χ2v) is 5.52. The molecule has 1 N–H and O–H groups in total. The average Bonchev–Trinajstić information content (AvgIpc) is 2.38. The van der Waals surface area contributed by atoms with E-state index in [0.29, 0.717) is 18.0 Å². The molecule has 0 radical (unpaired) electrons. The molecule has 0 aliphatic carbocycles. The largest absolute Gasteiger partial charge is 0.480 e. The van der Waals surface area contributed by atoms with Crippen LogP contribution in [-0.2, 0) is 4.79 Å². The van der Waals surface area contributed by atoms with Crippen molar-refractivity contribution in [2.24, 2.45) is 0 Å². The lowest BCUT2D eigenvalue weighted by molar-refractivity contribution is -0.384. The Hall–Kier alpha value is -1.76. The van der Waals surface area contributed by atoms with E-state index in [0.717, 1.165) is 11.3 Å². The molecule has 0 bridgehead atoms. The standard InChI is InChI=1S/C12H14N2O4S/c1-8-2-3-9(14(17)18)10(6-8)13-4-5-19-7-11(13)12(15)16/h2-3,6,11H,4-5,7H2,1H3,(H,15,16). The molecule has 2 rings (SSSR count). The van der Waals surface area contributed by atoms with Crippen molar-refractivity contribution in [3.8, 4) is 0 Å². The Morgan fingerprint density at radius 1 is 1.58 bits per heavy atom. The van der Waals surface area contributed by atoms with Crippen molar-refractivity contribution in [2.75, 3.05) is 23.0 Å². The first-order valence-electron chi connectivity index (χ1n) is 5.83. The van der Waals surface area contributed by atoms with Crippen molar-refractivity contribution in [2.45, 2.75) is 13.0 Å². The lowest BCUT2D eigenvalue weighted by Gasteiger charge is -2.34. The Morgan fingerprint density at radius 2 is 2.32 bits per heavy atom. The van der Waals surface area contributed by atoms with Gasteiger partial charge in [-0.2, -0.15) is 11.8 Å². The van der Waals surface area contributed by atoms with Crippen LogP contribution in [0.1, 0.15) is 5.56 Å². The molecule has 6 nitrogen and oxygen atoms in total. The molecule has 102 valence electrons. The van der Waals surface area contributed by atoms with E-state index in [1.165, 1.54) is 6.07 Å². The second kappa shape index (κ2) is 5.48. The van der Waals surface area contributed by atoms with Crippen LogP contribution in [0.25, 0.3) is 0 Å². The van der Waals surface area contributed by atoms with Crippen LogP contribution in [0.15, 0.2) is 18.2 Å². The molecular weight excluding hydrogens is 268 g/mol. The maximum Gasteiger partial charge on any atom is 0.327 e. The number of carbonyl (C=O) groups is 1. The molecule has 0 aromatic heterocycles. The molecule has 7 heteroatoms. The van der Waals surface area contributed by atoms with Crippen molar-refractivity contribution in [1.82, 2.24) is 0 Å². The molecule has 1 heterocycles. The molecule has 1 aliphatic rings. The molecule has 1 atom stereocenters. The molecule has 1 aromatic carbocycles. The summed E-state index contributed by atoms with van der Waals surface area (Å²) in [7, 11) is 0. The number of aryl methyl sites for hydroxylation is 1. The number of benzene rings is 1. The maximum atomic E-state index is 11.3. The maximum absolute atomic E-state index is 11.3. The first kappa shape index (κ1) is 13.7. The monoisotopic (exact) mass is 282 g/mol. The van der Waals surface area contributed by atoms with Gasteiger partial charge in [0, 0.05) is 24.1 Å². The van der Waals surface area contributed by atoms with Crippen LogP contribution < -0.4 is 4.90 Å². The zero-order valence-corrected chi connectivity index (χ0v) is 11.2. The highest BCUT2D eigenvalue weighted by Gasteiger charge is 2.32. The first-order valence-corrected chi connectivity index (χ1v) is 6.98. The summed E-state index contributed by atoms with van der Waals surface area (Å²) in [6.45, 7) is 2.34. The molecule has 1 saturated heterocycles. The summed E-state index contributed by atoms with van der Waals surface area (Å²) in [5.74, 6) is 0.276. The summed E-state index contributed by atoms with van der Waals surface area (Å²) in [5, 5.41) is 20.3. The topological polar surface area (TPSA) is 83.7 Å². The van der Waals surface area contributed by atoms with E-state index >= 15 is 0 Å². The van der Waals surface area contributed by atoms with E-state index in [4.69, 9.17) is 0 Å². The number of hydrogen-bond donors (Lipinski definition) is 1. The van der Waals surface area contributed by atoms with E-state index < -0.39 is 16.9 Å². The molecule has 0 spiro atoms.